The number of likely N-dealkylation sites (N-methyl/N-ethyl adjacent to an activating group) is 1. The van der Waals surface area contributed by atoms with Crippen LogP contribution in [0.5, 0.6) is 0 Å². The maximum absolute atomic E-state index is 12.8. The molecular formula is C20H33N3O2. The highest BCUT2D eigenvalue weighted by Gasteiger charge is 2.29. The van der Waals surface area contributed by atoms with Gasteiger partial charge >= 0.3 is 0 Å². The zero-order valence-electron chi connectivity index (χ0n) is 17.0. The molecule has 1 aromatic heterocycles. The Morgan fingerprint density at radius 2 is 1.68 bits per heavy atom. The van der Waals surface area contributed by atoms with Crippen molar-refractivity contribution >= 4 is 11.7 Å². The molecule has 0 aliphatic carbocycles. The van der Waals surface area contributed by atoms with Crippen LogP contribution in [0.4, 0.5) is 0 Å². The number of nitrogens with zero attached hydrogens (tertiary/aromatic N) is 2. The highest BCUT2D eigenvalue weighted by atomic mass is 16.2. The number of Topliss-reactive ketones (excluding diaryl/α,β-unsaturated/α-hetero) is 1. The number of amides is 1. The van der Waals surface area contributed by atoms with Gasteiger partial charge in [0.15, 0.2) is 5.78 Å². The van der Waals surface area contributed by atoms with Crippen molar-refractivity contribution in [2.75, 3.05) is 27.2 Å². The fourth-order valence-electron chi connectivity index (χ4n) is 2.34. The van der Waals surface area contributed by atoms with Crippen LogP contribution in [0.25, 0.3) is 0 Å². The standard InChI is InChI=1S/C20H33N3O2/c1-19(2,3)13-14-9-10-15(18(25)21-11-12-23(7)8)16(22-14)17(24)20(4,5)6/h9-10H,11-13H2,1-8H3,(H,21,25). The Morgan fingerprint density at radius 1 is 1.08 bits per heavy atom. The smallest absolute Gasteiger partial charge is 0.253 e. The number of aromatic nitrogens is 1. The van der Waals surface area contributed by atoms with E-state index in [4.69, 9.17) is 0 Å². The van der Waals surface area contributed by atoms with Crippen molar-refractivity contribution < 1.29 is 9.59 Å². The number of hydrogen-bond donors (Lipinski definition) is 1. The lowest BCUT2D eigenvalue weighted by molar-refractivity contribution is 0.0840. The van der Waals surface area contributed by atoms with E-state index in [1.807, 2.05) is 45.8 Å². The van der Waals surface area contributed by atoms with E-state index in [1.165, 1.54) is 0 Å². The molecule has 0 saturated heterocycles. The predicted molar refractivity (Wildman–Crippen MR) is 102 cm³/mol. The van der Waals surface area contributed by atoms with Gasteiger partial charge in [-0.15, -0.1) is 0 Å². The van der Waals surface area contributed by atoms with Crippen molar-refractivity contribution in [1.29, 1.82) is 0 Å². The van der Waals surface area contributed by atoms with Gasteiger partial charge in [-0.1, -0.05) is 41.5 Å². The van der Waals surface area contributed by atoms with E-state index in [-0.39, 0.29) is 22.8 Å². The summed E-state index contributed by atoms with van der Waals surface area (Å²) < 4.78 is 0. The first-order valence-electron chi connectivity index (χ1n) is 8.79. The number of carbonyl (C=O) groups is 2. The van der Waals surface area contributed by atoms with Crippen LogP contribution in [-0.2, 0) is 6.42 Å². The summed E-state index contributed by atoms with van der Waals surface area (Å²) in [5, 5.41) is 2.87. The highest BCUT2D eigenvalue weighted by molar-refractivity contribution is 6.08. The molecular weight excluding hydrogens is 314 g/mol. The van der Waals surface area contributed by atoms with Crippen molar-refractivity contribution in [1.82, 2.24) is 15.2 Å². The Kier molecular flexibility index (Phi) is 6.89. The Labute approximate surface area is 152 Å². The molecule has 5 nitrogen and oxygen atoms in total. The molecule has 5 heteroatoms. The SMILES string of the molecule is CN(C)CCNC(=O)c1ccc(CC(C)(C)C)nc1C(=O)C(C)(C)C. The molecule has 1 rings (SSSR count). The third kappa shape index (κ3) is 6.94. The Hall–Kier alpha value is -1.75. The van der Waals surface area contributed by atoms with Gasteiger partial charge in [0.25, 0.3) is 5.91 Å². The maximum atomic E-state index is 12.8. The fraction of sp³-hybridized carbons (Fsp3) is 0.650. The molecule has 0 radical (unpaired) electrons. The molecule has 25 heavy (non-hydrogen) atoms. The quantitative estimate of drug-likeness (QED) is 0.803. The van der Waals surface area contributed by atoms with Crippen LogP contribution in [0.2, 0.25) is 0 Å². The minimum atomic E-state index is -0.591. The average Bonchev–Trinajstić information content (AvgIpc) is 2.43. The molecule has 0 spiro atoms. The summed E-state index contributed by atoms with van der Waals surface area (Å²) in [6.45, 7) is 13.2. The Morgan fingerprint density at radius 3 is 2.16 bits per heavy atom. The summed E-state index contributed by atoms with van der Waals surface area (Å²) in [6.07, 6.45) is 0.750. The van der Waals surface area contributed by atoms with Gasteiger partial charge in [0.1, 0.15) is 5.69 Å². The normalized spacial score (nSPS) is 12.4. The molecule has 0 atom stereocenters. The zero-order valence-corrected chi connectivity index (χ0v) is 17.0. The minimum Gasteiger partial charge on any atom is -0.351 e. The van der Waals surface area contributed by atoms with Gasteiger partial charge in [0, 0.05) is 24.2 Å². The third-order valence-electron chi connectivity index (χ3n) is 3.65. The molecule has 0 aromatic carbocycles. The first-order valence-corrected chi connectivity index (χ1v) is 8.79. The van der Waals surface area contributed by atoms with E-state index in [1.54, 1.807) is 6.07 Å². The monoisotopic (exact) mass is 347 g/mol. The van der Waals surface area contributed by atoms with E-state index >= 15 is 0 Å². The molecule has 1 amide bonds. The summed E-state index contributed by atoms with van der Waals surface area (Å²) >= 11 is 0. The van der Waals surface area contributed by atoms with Crippen LogP contribution in [0.1, 0.15) is 68.1 Å². The van der Waals surface area contributed by atoms with E-state index in [2.05, 4.69) is 31.1 Å². The number of pyridine rings is 1. The van der Waals surface area contributed by atoms with Crippen LogP contribution in [-0.4, -0.2) is 48.8 Å². The number of nitrogens with one attached hydrogen (secondary N) is 1. The zero-order chi connectivity index (χ0) is 19.4. The summed E-state index contributed by atoms with van der Waals surface area (Å²) in [6, 6.07) is 3.59. The van der Waals surface area contributed by atoms with Crippen LogP contribution in [0.15, 0.2) is 12.1 Å². The molecule has 0 aliphatic rings. The van der Waals surface area contributed by atoms with Crippen molar-refractivity contribution in [3.8, 4) is 0 Å². The summed E-state index contributed by atoms with van der Waals surface area (Å²) in [5.74, 6) is -0.356. The van der Waals surface area contributed by atoms with Gasteiger partial charge in [0.05, 0.1) is 5.56 Å². The van der Waals surface area contributed by atoms with Crippen molar-refractivity contribution in [2.45, 2.75) is 48.0 Å². The first-order chi connectivity index (χ1) is 11.3. The molecule has 1 N–H and O–H groups in total. The topological polar surface area (TPSA) is 62.3 Å². The number of carbonyl (C=O) groups excluding carboxylic acids is 2. The lowest BCUT2D eigenvalue weighted by Crippen LogP contribution is -2.33. The van der Waals surface area contributed by atoms with Crippen LogP contribution >= 0.6 is 0 Å². The van der Waals surface area contributed by atoms with Gasteiger partial charge in [0.2, 0.25) is 0 Å². The summed E-state index contributed by atoms with van der Waals surface area (Å²) in [5.41, 5.74) is 0.939. The van der Waals surface area contributed by atoms with E-state index in [0.29, 0.717) is 12.1 Å². The van der Waals surface area contributed by atoms with Gasteiger partial charge in [-0.05, 0) is 38.1 Å². The second-order valence-corrected chi connectivity index (χ2v) is 9.07. The fourth-order valence-corrected chi connectivity index (χ4v) is 2.34. The summed E-state index contributed by atoms with van der Waals surface area (Å²) in [4.78, 5) is 32.0. The molecule has 1 heterocycles. The van der Waals surface area contributed by atoms with Crippen LogP contribution in [0.3, 0.4) is 0 Å². The maximum Gasteiger partial charge on any atom is 0.253 e. The lowest BCUT2D eigenvalue weighted by Gasteiger charge is -2.21. The minimum absolute atomic E-state index is 0.0601. The molecule has 0 unspecified atom stereocenters. The van der Waals surface area contributed by atoms with Gasteiger partial charge in [-0.25, -0.2) is 4.98 Å². The van der Waals surface area contributed by atoms with Crippen LogP contribution < -0.4 is 5.32 Å². The number of ketones is 1. The van der Waals surface area contributed by atoms with E-state index in [9.17, 15) is 9.59 Å². The second-order valence-electron chi connectivity index (χ2n) is 9.07. The Bertz CT molecular complexity index is 623. The molecule has 0 fully saturated rings. The van der Waals surface area contributed by atoms with Gasteiger partial charge < -0.3 is 10.2 Å². The van der Waals surface area contributed by atoms with E-state index in [0.717, 1.165) is 18.7 Å². The molecule has 0 saturated carbocycles. The largest absolute Gasteiger partial charge is 0.351 e. The van der Waals surface area contributed by atoms with E-state index < -0.39 is 5.41 Å². The molecule has 0 bridgehead atoms. The number of rotatable bonds is 6. The number of hydrogen-bond acceptors (Lipinski definition) is 4. The molecule has 0 aliphatic heterocycles. The first kappa shape index (κ1) is 21.3. The van der Waals surface area contributed by atoms with Crippen molar-refractivity contribution in [3.05, 3.63) is 29.1 Å². The lowest BCUT2D eigenvalue weighted by atomic mass is 9.86. The van der Waals surface area contributed by atoms with Crippen molar-refractivity contribution in [3.63, 3.8) is 0 Å². The molecule has 140 valence electrons. The van der Waals surface area contributed by atoms with Crippen molar-refractivity contribution in [2.24, 2.45) is 10.8 Å². The third-order valence-corrected chi connectivity index (χ3v) is 3.65. The van der Waals surface area contributed by atoms with Gasteiger partial charge in [-0.2, -0.15) is 0 Å². The summed E-state index contributed by atoms with van der Waals surface area (Å²) in [7, 11) is 3.90. The predicted octanol–water partition coefficient (Wildman–Crippen LogP) is 3.19. The van der Waals surface area contributed by atoms with Gasteiger partial charge in [-0.3, -0.25) is 9.59 Å². The second kappa shape index (κ2) is 8.09. The highest BCUT2D eigenvalue weighted by Crippen LogP contribution is 2.25. The average molecular weight is 348 g/mol. The Balaban J connectivity index is 3.18. The molecule has 1 aromatic rings. The van der Waals surface area contributed by atoms with Crippen LogP contribution in [0, 0.1) is 10.8 Å².